The second kappa shape index (κ2) is 4.42. The highest BCUT2D eigenvalue weighted by Crippen LogP contribution is 2.17. The number of hydrogen-bond acceptors (Lipinski definition) is 5. The van der Waals surface area contributed by atoms with Crippen LogP contribution >= 0.6 is 11.6 Å². The average molecular weight is 253 g/mol. The van der Waals surface area contributed by atoms with Crippen molar-refractivity contribution in [1.82, 2.24) is 9.97 Å². The lowest BCUT2D eigenvalue weighted by atomic mass is 10.2. The van der Waals surface area contributed by atoms with E-state index in [4.69, 9.17) is 21.8 Å². The molecule has 0 aliphatic rings. The van der Waals surface area contributed by atoms with Gasteiger partial charge < -0.3 is 10.2 Å². The zero-order chi connectivity index (χ0) is 12.4. The lowest BCUT2D eigenvalue weighted by molar-refractivity contribution is 0.102. The molecule has 2 heterocycles. The zero-order valence-electron chi connectivity index (χ0n) is 8.90. The largest absolute Gasteiger partial charge is 0.432 e. The van der Waals surface area contributed by atoms with E-state index in [2.05, 4.69) is 15.3 Å². The molecule has 0 spiro atoms. The third-order valence-corrected chi connectivity index (χ3v) is 2.27. The maximum Gasteiger partial charge on any atom is 0.301 e. The molecule has 2 aromatic rings. The molecule has 88 valence electrons. The Morgan fingerprint density at radius 2 is 2.35 bits per heavy atom. The molecule has 0 fully saturated rings. The molecule has 1 amide bonds. The number of rotatable bonds is 2. The number of anilines is 2. The predicted molar refractivity (Wildman–Crippen MR) is 62.9 cm³/mol. The molecule has 2 rings (SSSR count). The topological polar surface area (TPSA) is 94.0 Å². The number of nitrogen functional groups attached to an aromatic ring is 1. The average Bonchev–Trinajstić information content (AvgIpc) is 2.68. The Balaban J connectivity index is 2.17. The van der Waals surface area contributed by atoms with E-state index in [1.807, 2.05) is 0 Å². The van der Waals surface area contributed by atoms with Gasteiger partial charge >= 0.3 is 6.01 Å². The van der Waals surface area contributed by atoms with Crippen molar-refractivity contribution in [3.05, 3.63) is 34.8 Å². The number of aromatic nitrogens is 2. The number of aryl methyl sites for hydroxylation is 1. The lowest BCUT2D eigenvalue weighted by Gasteiger charge is -2.02. The van der Waals surface area contributed by atoms with Crippen LogP contribution in [0, 0.1) is 6.92 Å². The summed E-state index contributed by atoms with van der Waals surface area (Å²) in [5.74, 6) is -0.239. The first-order valence-electron chi connectivity index (χ1n) is 4.71. The second-order valence-electron chi connectivity index (χ2n) is 3.34. The lowest BCUT2D eigenvalue weighted by Crippen LogP contribution is -2.12. The Labute approximate surface area is 102 Å². The molecule has 0 saturated carbocycles. The normalized spacial score (nSPS) is 10.2. The van der Waals surface area contributed by atoms with Gasteiger partial charge in [-0.15, -0.1) is 0 Å². The van der Waals surface area contributed by atoms with Crippen molar-refractivity contribution in [2.75, 3.05) is 11.1 Å². The number of hydrogen-bond donors (Lipinski definition) is 2. The summed E-state index contributed by atoms with van der Waals surface area (Å²) in [6.45, 7) is 1.75. The molecule has 6 nitrogen and oxygen atoms in total. The number of nitrogens with zero attached hydrogens (tertiary/aromatic N) is 2. The molecule has 0 aliphatic heterocycles. The van der Waals surface area contributed by atoms with Gasteiger partial charge in [-0.1, -0.05) is 11.6 Å². The van der Waals surface area contributed by atoms with Gasteiger partial charge in [0.05, 0.1) is 16.3 Å². The fourth-order valence-corrected chi connectivity index (χ4v) is 1.32. The number of carbonyl (C=O) groups is 1. The van der Waals surface area contributed by atoms with E-state index in [9.17, 15) is 4.79 Å². The molecule has 2 aromatic heterocycles. The van der Waals surface area contributed by atoms with Crippen molar-refractivity contribution in [3.8, 4) is 0 Å². The molecular formula is C10H9ClN4O2. The first-order chi connectivity index (χ1) is 8.06. The molecule has 17 heavy (non-hydrogen) atoms. The molecular weight excluding hydrogens is 244 g/mol. The number of carbonyl (C=O) groups excluding carboxylic acids is 1. The van der Waals surface area contributed by atoms with Gasteiger partial charge in [-0.05, 0) is 13.0 Å². The van der Waals surface area contributed by atoms with Crippen LogP contribution in [-0.4, -0.2) is 15.9 Å². The van der Waals surface area contributed by atoms with Gasteiger partial charge in [0, 0.05) is 6.20 Å². The molecule has 0 saturated heterocycles. The van der Waals surface area contributed by atoms with Crippen molar-refractivity contribution in [2.24, 2.45) is 0 Å². The summed E-state index contributed by atoms with van der Waals surface area (Å²) in [4.78, 5) is 19.5. The minimum absolute atomic E-state index is 0.125. The van der Waals surface area contributed by atoms with Crippen LogP contribution in [0.3, 0.4) is 0 Å². The van der Waals surface area contributed by atoms with Crippen LogP contribution in [0.1, 0.15) is 16.1 Å². The Bertz CT molecular complexity index is 567. The summed E-state index contributed by atoms with van der Waals surface area (Å²) in [5, 5.41) is 2.69. The van der Waals surface area contributed by atoms with Crippen molar-refractivity contribution in [3.63, 3.8) is 0 Å². The van der Waals surface area contributed by atoms with E-state index < -0.39 is 5.91 Å². The Hall–Kier alpha value is -2.08. The van der Waals surface area contributed by atoms with Crippen LogP contribution in [0.15, 0.2) is 22.9 Å². The number of oxazole rings is 1. The monoisotopic (exact) mass is 252 g/mol. The van der Waals surface area contributed by atoms with Gasteiger partial charge in [0.15, 0.2) is 0 Å². The van der Waals surface area contributed by atoms with Gasteiger partial charge in [-0.25, -0.2) is 4.98 Å². The van der Waals surface area contributed by atoms with Gasteiger partial charge in [0.25, 0.3) is 5.91 Å². The molecule has 3 N–H and O–H groups in total. The minimum atomic E-state index is -0.416. The minimum Gasteiger partial charge on any atom is -0.432 e. The van der Waals surface area contributed by atoms with Crippen molar-refractivity contribution < 1.29 is 9.21 Å². The molecule has 0 aromatic carbocycles. The first kappa shape index (κ1) is 11.4. The quantitative estimate of drug-likeness (QED) is 0.851. The number of pyridine rings is 1. The summed E-state index contributed by atoms with van der Waals surface area (Å²) in [7, 11) is 0. The van der Waals surface area contributed by atoms with Crippen molar-refractivity contribution >= 4 is 29.3 Å². The first-order valence-corrected chi connectivity index (χ1v) is 5.08. The highest BCUT2D eigenvalue weighted by molar-refractivity contribution is 6.33. The van der Waals surface area contributed by atoms with Crippen LogP contribution in [-0.2, 0) is 0 Å². The summed E-state index contributed by atoms with van der Waals surface area (Å²) in [6, 6.07) is 1.55. The van der Waals surface area contributed by atoms with Crippen LogP contribution in [0.5, 0.6) is 0 Å². The van der Waals surface area contributed by atoms with E-state index in [0.29, 0.717) is 5.69 Å². The Morgan fingerprint density at radius 3 is 2.94 bits per heavy atom. The Kier molecular flexibility index (Phi) is 2.97. The molecule has 0 aliphatic carbocycles. The van der Waals surface area contributed by atoms with Crippen molar-refractivity contribution in [2.45, 2.75) is 6.92 Å². The van der Waals surface area contributed by atoms with E-state index in [-0.39, 0.29) is 22.4 Å². The maximum absolute atomic E-state index is 11.7. The number of nitrogens with two attached hydrogens (primary N) is 1. The maximum atomic E-state index is 11.7. The molecule has 0 atom stereocenters. The fourth-order valence-electron chi connectivity index (χ4n) is 1.15. The van der Waals surface area contributed by atoms with Crippen molar-refractivity contribution in [1.29, 1.82) is 0 Å². The third-order valence-electron chi connectivity index (χ3n) is 1.97. The van der Waals surface area contributed by atoms with E-state index in [1.54, 1.807) is 6.92 Å². The summed E-state index contributed by atoms with van der Waals surface area (Å²) in [5.41, 5.74) is 6.39. The van der Waals surface area contributed by atoms with E-state index >= 15 is 0 Å². The van der Waals surface area contributed by atoms with Gasteiger partial charge in [-0.2, -0.15) is 4.98 Å². The highest BCUT2D eigenvalue weighted by Gasteiger charge is 2.11. The standard InChI is InChI=1S/C10H9ClN4O2/c1-5-4-17-10(14-5)15-9(16)6-2-7(11)8(12)13-3-6/h2-4H,1H3,(H2,12,13)(H,14,15,16). The number of nitrogens with one attached hydrogen (secondary N) is 1. The van der Waals surface area contributed by atoms with E-state index in [0.717, 1.165) is 0 Å². The van der Waals surface area contributed by atoms with Crippen LogP contribution in [0.25, 0.3) is 0 Å². The summed E-state index contributed by atoms with van der Waals surface area (Å²) in [6.07, 6.45) is 2.76. The molecule has 0 unspecified atom stereocenters. The summed E-state index contributed by atoms with van der Waals surface area (Å²) >= 11 is 5.76. The Morgan fingerprint density at radius 1 is 1.59 bits per heavy atom. The van der Waals surface area contributed by atoms with Crippen LogP contribution < -0.4 is 11.1 Å². The predicted octanol–water partition coefficient (Wildman–Crippen LogP) is 1.87. The molecule has 7 heteroatoms. The second-order valence-corrected chi connectivity index (χ2v) is 3.75. The third kappa shape index (κ3) is 2.54. The van der Waals surface area contributed by atoms with Gasteiger partial charge in [-0.3, -0.25) is 10.1 Å². The summed E-state index contributed by atoms with van der Waals surface area (Å²) < 4.78 is 4.99. The molecule has 0 bridgehead atoms. The number of amides is 1. The van der Waals surface area contributed by atoms with E-state index in [1.165, 1.54) is 18.5 Å². The SMILES string of the molecule is Cc1coc(NC(=O)c2cnc(N)c(Cl)c2)n1. The van der Waals surface area contributed by atoms with Crippen LogP contribution in [0.2, 0.25) is 5.02 Å². The zero-order valence-corrected chi connectivity index (χ0v) is 9.65. The smallest absolute Gasteiger partial charge is 0.301 e. The molecule has 0 radical (unpaired) electrons. The van der Waals surface area contributed by atoms with Crippen LogP contribution in [0.4, 0.5) is 11.8 Å². The fraction of sp³-hybridized carbons (Fsp3) is 0.100. The number of halogens is 1. The van der Waals surface area contributed by atoms with Gasteiger partial charge in [0.1, 0.15) is 12.1 Å². The highest BCUT2D eigenvalue weighted by atomic mass is 35.5. The van der Waals surface area contributed by atoms with Gasteiger partial charge in [0.2, 0.25) is 0 Å².